The molecular weight excluding hydrogens is 307 g/mol. The van der Waals surface area contributed by atoms with Gasteiger partial charge in [-0.25, -0.2) is 0 Å². The predicted molar refractivity (Wildman–Crippen MR) is 79.7 cm³/mol. The Morgan fingerprint density at radius 1 is 1.22 bits per heavy atom. The van der Waals surface area contributed by atoms with E-state index < -0.39 is 12.7 Å². The highest BCUT2D eigenvalue weighted by Crippen LogP contribution is 2.34. The van der Waals surface area contributed by atoms with Gasteiger partial charge in [-0.05, 0) is 50.9 Å². The molecule has 0 bridgehead atoms. The van der Waals surface area contributed by atoms with E-state index in [1.165, 1.54) is 4.90 Å². The first-order valence-corrected chi connectivity index (χ1v) is 8.17. The van der Waals surface area contributed by atoms with Crippen LogP contribution in [0.25, 0.3) is 0 Å². The topological polar surface area (TPSA) is 39.3 Å². The molecule has 0 spiro atoms. The number of rotatable bonds is 3. The lowest BCUT2D eigenvalue weighted by Crippen LogP contribution is -2.44. The number of aromatic nitrogens is 1. The largest absolute Gasteiger partial charge is 0.401 e. The normalized spacial score (nSPS) is 24.3. The summed E-state index contributed by atoms with van der Waals surface area (Å²) < 4.78 is 37.3. The summed E-state index contributed by atoms with van der Waals surface area (Å²) in [6.07, 6.45) is 0.643. The van der Waals surface area contributed by atoms with Crippen LogP contribution in [0.5, 0.6) is 0 Å². The molecule has 3 rings (SSSR count). The molecule has 0 aliphatic carbocycles. The molecule has 1 N–H and O–H groups in total. The van der Waals surface area contributed by atoms with Crippen LogP contribution in [-0.2, 0) is 4.79 Å². The summed E-state index contributed by atoms with van der Waals surface area (Å²) in [6.45, 7) is 0.557. The minimum absolute atomic E-state index is 0.0886. The number of halogens is 3. The van der Waals surface area contributed by atoms with Crippen molar-refractivity contribution in [3.63, 3.8) is 0 Å². The molecule has 7 heteroatoms. The van der Waals surface area contributed by atoms with E-state index in [9.17, 15) is 18.0 Å². The van der Waals surface area contributed by atoms with Crippen LogP contribution in [0.3, 0.4) is 0 Å². The highest BCUT2D eigenvalue weighted by molar-refractivity contribution is 5.79. The summed E-state index contributed by atoms with van der Waals surface area (Å²) in [7, 11) is 0. The Kier molecular flexibility index (Phi) is 4.66. The molecule has 2 aliphatic rings. The van der Waals surface area contributed by atoms with Gasteiger partial charge in [-0.3, -0.25) is 9.69 Å². The number of H-pyrrole nitrogens is 1. The molecule has 4 nitrogen and oxygen atoms in total. The first-order chi connectivity index (χ1) is 10.9. The first-order valence-electron chi connectivity index (χ1n) is 8.17. The predicted octanol–water partition coefficient (Wildman–Crippen LogP) is 2.95. The number of nitrogens with zero attached hydrogens (tertiary/aromatic N) is 2. The van der Waals surface area contributed by atoms with Crippen molar-refractivity contribution in [3.05, 3.63) is 24.0 Å². The van der Waals surface area contributed by atoms with Crippen molar-refractivity contribution in [1.29, 1.82) is 0 Å². The molecule has 3 heterocycles. The van der Waals surface area contributed by atoms with E-state index in [1.807, 2.05) is 23.2 Å². The van der Waals surface area contributed by atoms with Crippen molar-refractivity contribution in [2.75, 3.05) is 26.2 Å². The Morgan fingerprint density at radius 2 is 1.96 bits per heavy atom. The Balaban J connectivity index is 1.57. The lowest BCUT2D eigenvalue weighted by Gasteiger charge is -2.35. The number of hydrogen-bond acceptors (Lipinski definition) is 2. The second-order valence-electron chi connectivity index (χ2n) is 6.48. The summed E-state index contributed by atoms with van der Waals surface area (Å²) >= 11 is 0. The van der Waals surface area contributed by atoms with E-state index in [4.69, 9.17) is 0 Å². The van der Waals surface area contributed by atoms with Crippen molar-refractivity contribution in [1.82, 2.24) is 14.8 Å². The maximum atomic E-state index is 12.8. The highest BCUT2D eigenvalue weighted by atomic mass is 19.4. The maximum Gasteiger partial charge on any atom is 0.401 e. The smallest absolute Gasteiger partial charge is 0.363 e. The molecule has 1 atom stereocenters. The fourth-order valence-corrected chi connectivity index (χ4v) is 3.73. The van der Waals surface area contributed by atoms with Gasteiger partial charge in [-0.2, -0.15) is 13.2 Å². The van der Waals surface area contributed by atoms with Crippen LogP contribution in [-0.4, -0.2) is 53.0 Å². The van der Waals surface area contributed by atoms with Crippen molar-refractivity contribution in [2.24, 2.45) is 5.92 Å². The third-order valence-electron chi connectivity index (χ3n) is 4.86. The zero-order valence-electron chi connectivity index (χ0n) is 13.0. The molecule has 23 heavy (non-hydrogen) atoms. The fourth-order valence-electron chi connectivity index (χ4n) is 3.73. The molecule has 1 aromatic rings. The van der Waals surface area contributed by atoms with E-state index in [2.05, 4.69) is 4.98 Å². The zero-order valence-corrected chi connectivity index (χ0v) is 13.0. The molecular formula is C16H22F3N3O. The SMILES string of the molecule is O=C(C1CCN(CC(F)(F)F)CC1)N1CCCC1c1ccc[nH]1. The number of likely N-dealkylation sites (tertiary alicyclic amines) is 2. The summed E-state index contributed by atoms with van der Waals surface area (Å²) in [5.41, 5.74) is 1.05. The first kappa shape index (κ1) is 16.4. The summed E-state index contributed by atoms with van der Waals surface area (Å²) in [6, 6.07) is 4.00. The number of amides is 1. The van der Waals surface area contributed by atoms with Crippen LogP contribution in [0, 0.1) is 5.92 Å². The van der Waals surface area contributed by atoms with E-state index in [0.29, 0.717) is 25.9 Å². The van der Waals surface area contributed by atoms with E-state index in [0.717, 1.165) is 25.1 Å². The number of piperidine rings is 1. The molecule has 1 unspecified atom stereocenters. The zero-order chi connectivity index (χ0) is 16.4. The number of aromatic amines is 1. The van der Waals surface area contributed by atoms with Gasteiger partial charge in [-0.15, -0.1) is 0 Å². The van der Waals surface area contributed by atoms with Gasteiger partial charge in [-0.1, -0.05) is 0 Å². The third-order valence-corrected chi connectivity index (χ3v) is 4.86. The molecule has 0 radical (unpaired) electrons. The van der Waals surface area contributed by atoms with Crippen LogP contribution in [0.2, 0.25) is 0 Å². The monoisotopic (exact) mass is 329 g/mol. The van der Waals surface area contributed by atoms with E-state index in [1.54, 1.807) is 0 Å². The van der Waals surface area contributed by atoms with Crippen LogP contribution in [0.1, 0.15) is 37.4 Å². The Morgan fingerprint density at radius 3 is 2.57 bits per heavy atom. The van der Waals surface area contributed by atoms with Crippen LogP contribution in [0.15, 0.2) is 18.3 Å². The van der Waals surface area contributed by atoms with Crippen molar-refractivity contribution >= 4 is 5.91 Å². The van der Waals surface area contributed by atoms with Gasteiger partial charge in [0.05, 0.1) is 12.6 Å². The van der Waals surface area contributed by atoms with Gasteiger partial charge in [0.1, 0.15) is 0 Å². The number of alkyl halides is 3. The molecule has 128 valence electrons. The quantitative estimate of drug-likeness (QED) is 0.926. The number of nitrogens with one attached hydrogen (secondary N) is 1. The maximum absolute atomic E-state index is 12.8. The van der Waals surface area contributed by atoms with Crippen LogP contribution in [0.4, 0.5) is 13.2 Å². The van der Waals surface area contributed by atoms with Gasteiger partial charge < -0.3 is 9.88 Å². The molecule has 2 fully saturated rings. The fraction of sp³-hybridized carbons (Fsp3) is 0.688. The number of carbonyl (C=O) groups is 1. The van der Waals surface area contributed by atoms with E-state index in [-0.39, 0.29) is 17.9 Å². The second kappa shape index (κ2) is 6.55. The summed E-state index contributed by atoms with van der Waals surface area (Å²) in [4.78, 5) is 19.3. The minimum atomic E-state index is -4.16. The van der Waals surface area contributed by atoms with Crippen LogP contribution < -0.4 is 0 Å². The average molecular weight is 329 g/mol. The highest BCUT2D eigenvalue weighted by Gasteiger charge is 2.37. The molecule has 0 saturated carbocycles. The Labute approximate surface area is 133 Å². The molecule has 1 amide bonds. The van der Waals surface area contributed by atoms with Crippen molar-refractivity contribution in [3.8, 4) is 0 Å². The van der Waals surface area contributed by atoms with Gasteiger partial charge in [0.2, 0.25) is 5.91 Å². The summed E-state index contributed by atoms with van der Waals surface area (Å²) in [5.74, 6) is -0.0381. The van der Waals surface area contributed by atoms with Crippen molar-refractivity contribution < 1.29 is 18.0 Å². The number of hydrogen-bond donors (Lipinski definition) is 1. The Hall–Kier alpha value is -1.50. The van der Waals surface area contributed by atoms with Gasteiger partial charge in [0.25, 0.3) is 0 Å². The molecule has 0 aromatic carbocycles. The number of carbonyl (C=O) groups excluding carboxylic acids is 1. The van der Waals surface area contributed by atoms with Gasteiger partial charge in [0, 0.05) is 24.4 Å². The third kappa shape index (κ3) is 3.88. The van der Waals surface area contributed by atoms with E-state index >= 15 is 0 Å². The molecule has 2 aliphatic heterocycles. The minimum Gasteiger partial charge on any atom is -0.363 e. The molecule has 1 aromatic heterocycles. The van der Waals surface area contributed by atoms with Crippen LogP contribution >= 0.6 is 0 Å². The Bertz CT molecular complexity index is 521. The van der Waals surface area contributed by atoms with Crippen molar-refractivity contribution in [2.45, 2.75) is 37.9 Å². The lowest BCUT2D eigenvalue weighted by atomic mass is 9.94. The lowest BCUT2D eigenvalue weighted by molar-refractivity contribution is -0.151. The average Bonchev–Trinajstić information content (AvgIpc) is 3.16. The second-order valence-corrected chi connectivity index (χ2v) is 6.48. The molecule has 2 saturated heterocycles. The van der Waals surface area contributed by atoms with Gasteiger partial charge in [0.15, 0.2) is 0 Å². The van der Waals surface area contributed by atoms with Gasteiger partial charge >= 0.3 is 6.18 Å². The standard InChI is InChI=1S/C16H22F3N3O/c17-16(18,19)11-21-9-5-12(6-10-21)15(23)22-8-2-4-14(22)13-3-1-7-20-13/h1,3,7,12,14,20H,2,4-6,8-11H2. The summed E-state index contributed by atoms with van der Waals surface area (Å²) in [5, 5.41) is 0.